The number of carbonyl (C=O) groups excluding carboxylic acids is 2. The van der Waals surface area contributed by atoms with E-state index in [-0.39, 0.29) is 6.42 Å². The summed E-state index contributed by atoms with van der Waals surface area (Å²) in [6, 6.07) is 26.4. The Kier molecular flexibility index (Phi) is 5.44. The van der Waals surface area contributed by atoms with E-state index in [2.05, 4.69) is 0 Å². The summed E-state index contributed by atoms with van der Waals surface area (Å²) in [5.41, 5.74) is 8.93. The molecule has 0 spiro atoms. The molecule has 4 nitrogen and oxygen atoms in total. The van der Waals surface area contributed by atoms with Gasteiger partial charge in [-0.1, -0.05) is 84.9 Å². The fraction of sp³-hybridized carbons (Fsp3) is 0.0909. The van der Waals surface area contributed by atoms with Crippen LogP contribution in [-0.4, -0.2) is 11.9 Å². The molecule has 26 heavy (non-hydrogen) atoms. The van der Waals surface area contributed by atoms with Gasteiger partial charge in [-0.05, 0) is 16.7 Å². The average molecular weight is 345 g/mol. The highest BCUT2D eigenvalue weighted by atomic mass is 16.5. The van der Waals surface area contributed by atoms with Crippen LogP contribution in [0.25, 0.3) is 11.1 Å². The third-order valence-electron chi connectivity index (χ3n) is 4.02. The van der Waals surface area contributed by atoms with Crippen LogP contribution in [0.4, 0.5) is 0 Å². The zero-order valence-electron chi connectivity index (χ0n) is 14.2. The molecule has 0 saturated carbocycles. The topological polar surface area (TPSA) is 69.4 Å². The quantitative estimate of drug-likeness (QED) is 0.693. The van der Waals surface area contributed by atoms with E-state index in [0.717, 1.165) is 16.7 Å². The Morgan fingerprint density at radius 2 is 1.31 bits per heavy atom. The van der Waals surface area contributed by atoms with Crippen molar-refractivity contribution < 1.29 is 14.3 Å². The molecule has 0 radical (unpaired) electrons. The first-order valence-corrected chi connectivity index (χ1v) is 8.31. The third-order valence-corrected chi connectivity index (χ3v) is 4.02. The second-order valence-corrected chi connectivity index (χ2v) is 5.92. The molecule has 0 bridgehead atoms. The molecule has 3 aromatic carbocycles. The van der Waals surface area contributed by atoms with Crippen molar-refractivity contribution in [2.24, 2.45) is 5.73 Å². The maximum atomic E-state index is 12.2. The van der Waals surface area contributed by atoms with Gasteiger partial charge in [0.25, 0.3) is 5.91 Å². The molecule has 0 heterocycles. The second-order valence-electron chi connectivity index (χ2n) is 5.92. The van der Waals surface area contributed by atoms with E-state index in [9.17, 15) is 9.59 Å². The van der Waals surface area contributed by atoms with E-state index < -0.39 is 18.0 Å². The Morgan fingerprint density at radius 1 is 0.769 bits per heavy atom. The van der Waals surface area contributed by atoms with Crippen molar-refractivity contribution in [3.05, 3.63) is 96.1 Å². The lowest BCUT2D eigenvalue weighted by atomic mass is 10.0. The number of carbonyl (C=O) groups is 2. The zero-order chi connectivity index (χ0) is 18.4. The molecule has 3 aromatic rings. The Hall–Kier alpha value is -3.40. The standard InChI is InChI=1S/C22H19NO3/c23-22(25)21(19-9-5-2-6-10-19)26-20(24)15-16-11-13-18(14-12-16)17-7-3-1-4-8-17/h1-14,21H,15H2,(H2,23,25). The average Bonchev–Trinajstić information content (AvgIpc) is 2.68. The maximum absolute atomic E-state index is 12.2. The Balaban J connectivity index is 1.67. The van der Waals surface area contributed by atoms with Gasteiger partial charge >= 0.3 is 5.97 Å². The summed E-state index contributed by atoms with van der Waals surface area (Å²) in [7, 11) is 0. The number of amides is 1. The Bertz CT molecular complexity index is 874. The predicted molar refractivity (Wildman–Crippen MR) is 100 cm³/mol. The predicted octanol–water partition coefficient (Wildman–Crippen LogP) is 3.67. The zero-order valence-corrected chi connectivity index (χ0v) is 14.2. The van der Waals surface area contributed by atoms with Gasteiger partial charge in [0.2, 0.25) is 6.10 Å². The first-order valence-electron chi connectivity index (χ1n) is 8.31. The fourth-order valence-electron chi connectivity index (χ4n) is 2.70. The molecule has 4 heteroatoms. The van der Waals surface area contributed by atoms with Crippen molar-refractivity contribution in [3.63, 3.8) is 0 Å². The fourth-order valence-corrected chi connectivity index (χ4v) is 2.70. The van der Waals surface area contributed by atoms with Gasteiger partial charge in [0, 0.05) is 5.56 Å². The van der Waals surface area contributed by atoms with Gasteiger partial charge in [-0.3, -0.25) is 9.59 Å². The maximum Gasteiger partial charge on any atom is 0.311 e. The molecule has 2 N–H and O–H groups in total. The second kappa shape index (κ2) is 8.12. The van der Waals surface area contributed by atoms with Crippen molar-refractivity contribution in [1.29, 1.82) is 0 Å². The van der Waals surface area contributed by atoms with Crippen molar-refractivity contribution in [2.45, 2.75) is 12.5 Å². The van der Waals surface area contributed by atoms with Crippen LogP contribution in [0.2, 0.25) is 0 Å². The summed E-state index contributed by atoms with van der Waals surface area (Å²) in [5, 5.41) is 0. The lowest BCUT2D eigenvalue weighted by molar-refractivity contribution is -0.154. The number of ether oxygens (including phenoxy) is 1. The summed E-state index contributed by atoms with van der Waals surface area (Å²) < 4.78 is 5.30. The summed E-state index contributed by atoms with van der Waals surface area (Å²) in [5.74, 6) is -1.19. The van der Waals surface area contributed by atoms with Crippen molar-refractivity contribution in [3.8, 4) is 11.1 Å². The summed E-state index contributed by atoms with van der Waals surface area (Å²) >= 11 is 0. The Morgan fingerprint density at radius 3 is 1.88 bits per heavy atom. The molecule has 1 amide bonds. The number of esters is 1. The largest absolute Gasteiger partial charge is 0.447 e. The van der Waals surface area contributed by atoms with Gasteiger partial charge in [-0.15, -0.1) is 0 Å². The minimum Gasteiger partial charge on any atom is -0.447 e. The molecule has 3 rings (SSSR count). The van der Waals surface area contributed by atoms with E-state index in [1.54, 1.807) is 24.3 Å². The number of primary amides is 1. The third kappa shape index (κ3) is 4.36. The lowest BCUT2D eigenvalue weighted by Crippen LogP contribution is -2.26. The van der Waals surface area contributed by atoms with Crippen LogP contribution < -0.4 is 5.73 Å². The minimum atomic E-state index is -1.08. The molecular weight excluding hydrogens is 326 g/mol. The molecule has 130 valence electrons. The smallest absolute Gasteiger partial charge is 0.311 e. The summed E-state index contributed by atoms with van der Waals surface area (Å²) in [6.45, 7) is 0. The van der Waals surface area contributed by atoms with Gasteiger partial charge < -0.3 is 10.5 Å². The minimum absolute atomic E-state index is 0.0751. The highest BCUT2D eigenvalue weighted by Gasteiger charge is 2.22. The molecular formula is C22H19NO3. The van der Waals surface area contributed by atoms with E-state index >= 15 is 0 Å². The monoisotopic (exact) mass is 345 g/mol. The van der Waals surface area contributed by atoms with Gasteiger partial charge in [-0.25, -0.2) is 0 Å². The highest BCUT2D eigenvalue weighted by molar-refractivity contribution is 5.84. The van der Waals surface area contributed by atoms with E-state index in [4.69, 9.17) is 10.5 Å². The van der Waals surface area contributed by atoms with Crippen molar-refractivity contribution in [2.75, 3.05) is 0 Å². The molecule has 0 aromatic heterocycles. The van der Waals surface area contributed by atoms with Gasteiger partial charge in [-0.2, -0.15) is 0 Å². The van der Waals surface area contributed by atoms with Crippen LogP contribution >= 0.6 is 0 Å². The molecule has 1 unspecified atom stereocenters. The first kappa shape index (κ1) is 17.4. The van der Waals surface area contributed by atoms with Crippen LogP contribution in [0.1, 0.15) is 17.2 Å². The molecule has 0 saturated heterocycles. The highest BCUT2D eigenvalue weighted by Crippen LogP contribution is 2.21. The summed E-state index contributed by atoms with van der Waals surface area (Å²) in [6.07, 6.45) is -1.00. The number of benzene rings is 3. The molecule has 1 atom stereocenters. The van der Waals surface area contributed by atoms with Crippen LogP contribution in [0.3, 0.4) is 0 Å². The molecule has 0 aliphatic heterocycles. The molecule has 0 aliphatic carbocycles. The molecule has 0 aliphatic rings. The molecule has 0 fully saturated rings. The SMILES string of the molecule is NC(=O)C(OC(=O)Cc1ccc(-c2ccccc2)cc1)c1ccccc1. The van der Waals surface area contributed by atoms with Crippen molar-refractivity contribution in [1.82, 2.24) is 0 Å². The van der Waals surface area contributed by atoms with Crippen LogP contribution in [0.15, 0.2) is 84.9 Å². The first-order chi connectivity index (χ1) is 12.6. The van der Waals surface area contributed by atoms with E-state index in [1.165, 1.54) is 0 Å². The lowest BCUT2D eigenvalue weighted by Gasteiger charge is -2.15. The van der Waals surface area contributed by atoms with Crippen molar-refractivity contribution >= 4 is 11.9 Å². The van der Waals surface area contributed by atoms with Crippen LogP contribution in [-0.2, 0) is 20.7 Å². The van der Waals surface area contributed by atoms with Crippen LogP contribution in [0.5, 0.6) is 0 Å². The Labute approximate surface area is 152 Å². The normalized spacial score (nSPS) is 11.5. The number of hydrogen-bond donors (Lipinski definition) is 1. The number of nitrogens with two attached hydrogens (primary N) is 1. The van der Waals surface area contributed by atoms with E-state index in [1.807, 2.05) is 60.7 Å². The summed E-state index contributed by atoms with van der Waals surface area (Å²) in [4.78, 5) is 23.9. The van der Waals surface area contributed by atoms with E-state index in [0.29, 0.717) is 5.56 Å². The van der Waals surface area contributed by atoms with Gasteiger partial charge in [0.15, 0.2) is 0 Å². The van der Waals surface area contributed by atoms with Gasteiger partial charge in [0.1, 0.15) is 0 Å². The van der Waals surface area contributed by atoms with Gasteiger partial charge in [0.05, 0.1) is 6.42 Å². The van der Waals surface area contributed by atoms with Crippen LogP contribution in [0, 0.1) is 0 Å². The number of rotatable bonds is 6. The number of hydrogen-bond acceptors (Lipinski definition) is 3.